The van der Waals surface area contributed by atoms with Gasteiger partial charge >= 0.3 is 0 Å². The topological polar surface area (TPSA) is 53.4 Å². The van der Waals surface area contributed by atoms with E-state index in [1.54, 1.807) is 23.0 Å². The second kappa shape index (κ2) is 5.40. The fourth-order valence-electron chi connectivity index (χ4n) is 1.90. The number of benzene rings is 1. The summed E-state index contributed by atoms with van der Waals surface area (Å²) in [7, 11) is 0. The van der Waals surface area contributed by atoms with Crippen LogP contribution >= 0.6 is 11.3 Å². The summed E-state index contributed by atoms with van der Waals surface area (Å²) in [6.45, 7) is -0.156. The van der Waals surface area contributed by atoms with E-state index in [2.05, 4.69) is 4.98 Å². The maximum absolute atomic E-state index is 9.65. The number of hydrogen-bond acceptors (Lipinski definition) is 4. The van der Waals surface area contributed by atoms with E-state index in [0.29, 0.717) is 6.42 Å². The fourth-order valence-corrected chi connectivity index (χ4v) is 2.64. The monoisotopic (exact) mass is 249 g/mol. The molecular weight excluding hydrogens is 234 g/mol. The molecule has 0 bridgehead atoms. The zero-order chi connectivity index (χ0) is 12.1. The molecule has 0 unspecified atom stereocenters. The Balaban J connectivity index is 2.32. The third kappa shape index (κ3) is 2.54. The van der Waals surface area contributed by atoms with Crippen molar-refractivity contribution in [3.8, 4) is 0 Å². The van der Waals surface area contributed by atoms with E-state index in [-0.39, 0.29) is 13.2 Å². The van der Waals surface area contributed by atoms with Crippen LogP contribution in [-0.2, 0) is 11.8 Å². The van der Waals surface area contributed by atoms with Gasteiger partial charge in [0.1, 0.15) is 0 Å². The summed E-state index contributed by atoms with van der Waals surface area (Å²) in [6.07, 6.45) is 2.39. The van der Waals surface area contributed by atoms with Gasteiger partial charge in [-0.3, -0.25) is 4.98 Å². The summed E-state index contributed by atoms with van der Waals surface area (Å²) in [4.78, 5) is 5.09. The minimum absolute atomic E-state index is 0.0780. The molecule has 0 saturated carbocycles. The molecule has 1 aromatic carbocycles. The number of aliphatic hydroxyl groups is 2. The average Bonchev–Trinajstić information content (AvgIpc) is 2.90. The van der Waals surface area contributed by atoms with Crippen LogP contribution in [0.5, 0.6) is 0 Å². The van der Waals surface area contributed by atoms with Gasteiger partial charge in [-0.15, -0.1) is 11.3 Å². The van der Waals surface area contributed by atoms with Crippen LogP contribution in [0.25, 0.3) is 0 Å². The van der Waals surface area contributed by atoms with E-state index in [1.807, 2.05) is 30.3 Å². The molecule has 0 aliphatic heterocycles. The zero-order valence-electron chi connectivity index (χ0n) is 9.41. The summed E-state index contributed by atoms with van der Waals surface area (Å²) in [5.74, 6) is 0. The van der Waals surface area contributed by atoms with Crippen molar-refractivity contribution in [1.82, 2.24) is 4.98 Å². The van der Waals surface area contributed by atoms with Gasteiger partial charge in [0.15, 0.2) is 0 Å². The Morgan fingerprint density at radius 2 is 1.82 bits per heavy atom. The van der Waals surface area contributed by atoms with Gasteiger partial charge in [-0.25, -0.2) is 0 Å². The quantitative estimate of drug-likeness (QED) is 0.846. The highest BCUT2D eigenvalue weighted by molar-refractivity contribution is 7.09. The normalized spacial score (nSPS) is 11.6. The second-order valence-corrected chi connectivity index (χ2v) is 5.08. The van der Waals surface area contributed by atoms with Crippen molar-refractivity contribution in [1.29, 1.82) is 0 Å². The Labute approximate surface area is 104 Å². The molecule has 0 aliphatic carbocycles. The second-order valence-electron chi connectivity index (χ2n) is 4.11. The van der Waals surface area contributed by atoms with Gasteiger partial charge in [0, 0.05) is 16.5 Å². The molecule has 3 nitrogen and oxygen atoms in total. The number of thiazole rings is 1. The first kappa shape index (κ1) is 12.2. The minimum atomic E-state index is -0.617. The molecule has 0 radical (unpaired) electrons. The summed E-state index contributed by atoms with van der Waals surface area (Å²) < 4.78 is 0. The summed E-state index contributed by atoms with van der Waals surface area (Å²) in [5.41, 5.74) is 2.10. The Morgan fingerprint density at radius 1 is 1.12 bits per heavy atom. The number of nitrogens with zero attached hydrogens (tertiary/aromatic N) is 1. The lowest BCUT2D eigenvalue weighted by molar-refractivity contribution is 0.117. The Morgan fingerprint density at radius 3 is 2.35 bits per heavy atom. The Hall–Kier alpha value is -1.23. The van der Waals surface area contributed by atoms with Crippen molar-refractivity contribution in [3.05, 3.63) is 52.5 Å². The average molecular weight is 249 g/mol. The molecule has 90 valence electrons. The lowest BCUT2D eigenvalue weighted by Crippen LogP contribution is -2.37. The molecular formula is C13H15NO2S. The first-order valence-electron chi connectivity index (χ1n) is 5.45. The van der Waals surface area contributed by atoms with Crippen molar-refractivity contribution in [2.45, 2.75) is 11.8 Å². The van der Waals surface area contributed by atoms with Crippen LogP contribution in [0.15, 0.2) is 42.0 Å². The van der Waals surface area contributed by atoms with Gasteiger partial charge in [-0.05, 0) is 12.0 Å². The van der Waals surface area contributed by atoms with Gasteiger partial charge in [-0.1, -0.05) is 30.3 Å². The first-order chi connectivity index (χ1) is 8.30. The third-order valence-corrected chi connectivity index (χ3v) is 3.77. The van der Waals surface area contributed by atoms with Gasteiger partial charge < -0.3 is 10.2 Å². The largest absolute Gasteiger partial charge is 0.395 e. The molecule has 0 amide bonds. The van der Waals surface area contributed by atoms with Crippen LogP contribution in [0.1, 0.15) is 10.4 Å². The standard InChI is InChI=1S/C13H15NO2S/c15-8-13(9-16,6-12-7-14-10-17-12)11-4-2-1-3-5-11/h1-5,7,10,15-16H,6,8-9H2. The Bertz CT molecular complexity index is 438. The van der Waals surface area contributed by atoms with Crippen molar-refractivity contribution < 1.29 is 10.2 Å². The Kier molecular flexibility index (Phi) is 3.89. The van der Waals surface area contributed by atoms with Crippen LogP contribution in [0.4, 0.5) is 0 Å². The third-order valence-electron chi connectivity index (χ3n) is 2.99. The summed E-state index contributed by atoms with van der Waals surface area (Å²) in [6, 6.07) is 9.64. The lowest BCUT2D eigenvalue weighted by atomic mass is 9.78. The first-order valence-corrected chi connectivity index (χ1v) is 6.33. The van der Waals surface area contributed by atoms with E-state index in [1.165, 1.54) is 0 Å². The number of aliphatic hydroxyl groups excluding tert-OH is 2. The predicted molar refractivity (Wildman–Crippen MR) is 68.1 cm³/mol. The fraction of sp³-hybridized carbons (Fsp3) is 0.308. The molecule has 1 aromatic heterocycles. The van der Waals surface area contributed by atoms with Crippen LogP contribution in [0.3, 0.4) is 0 Å². The molecule has 0 aliphatic rings. The molecule has 0 atom stereocenters. The van der Waals surface area contributed by atoms with Crippen LogP contribution in [0, 0.1) is 0 Å². The summed E-state index contributed by atoms with van der Waals surface area (Å²) in [5, 5.41) is 19.3. The van der Waals surface area contributed by atoms with E-state index >= 15 is 0 Å². The highest BCUT2D eigenvalue weighted by atomic mass is 32.1. The highest BCUT2D eigenvalue weighted by Crippen LogP contribution is 2.29. The molecule has 1 heterocycles. The van der Waals surface area contributed by atoms with Gasteiger partial charge in [-0.2, -0.15) is 0 Å². The number of rotatable bonds is 5. The smallest absolute Gasteiger partial charge is 0.0794 e. The van der Waals surface area contributed by atoms with Gasteiger partial charge in [0.05, 0.1) is 18.7 Å². The predicted octanol–water partition coefficient (Wildman–Crippen LogP) is 1.61. The lowest BCUT2D eigenvalue weighted by Gasteiger charge is -2.29. The molecule has 17 heavy (non-hydrogen) atoms. The maximum Gasteiger partial charge on any atom is 0.0794 e. The molecule has 2 aromatic rings. The van der Waals surface area contributed by atoms with E-state index < -0.39 is 5.41 Å². The van der Waals surface area contributed by atoms with E-state index in [9.17, 15) is 10.2 Å². The molecule has 4 heteroatoms. The van der Waals surface area contributed by atoms with Crippen molar-refractivity contribution in [2.24, 2.45) is 0 Å². The molecule has 0 spiro atoms. The molecule has 0 fully saturated rings. The van der Waals surface area contributed by atoms with E-state index in [4.69, 9.17) is 0 Å². The highest BCUT2D eigenvalue weighted by Gasteiger charge is 2.31. The number of aromatic nitrogens is 1. The van der Waals surface area contributed by atoms with E-state index in [0.717, 1.165) is 10.4 Å². The van der Waals surface area contributed by atoms with Gasteiger partial charge in [0.2, 0.25) is 0 Å². The van der Waals surface area contributed by atoms with Crippen LogP contribution in [0.2, 0.25) is 0 Å². The van der Waals surface area contributed by atoms with Gasteiger partial charge in [0.25, 0.3) is 0 Å². The van der Waals surface area contributed by atoms with Crippen LogP contribution < -0.4 is 0 Å². The van der Waals surface area contributed by atoms with Crippen molar-refractivity contribution in [3.63, 3.8) is 0 Å². The minimum Gasteiger partial charge on any atom is -0.395 e. The molecule has 2 rings (SSSR count). The molecule has 0 saturated heterocycles. The number of hydrogen-bond donors (Lipinski definition) is 2. The summed E-state index contributed by atoms with van der Waals surface area (Å²) >= 11 is 1.54. The SMILES string of the molecule is OCC(CO)(Cc1cncs1)c1ccccc1. The van der Waals surface area contributed by atoms with Crippen molar-refractivity contribution in [2.75, 3.05) is 13.2 Å². The zero-order valence-corrected chi connectivity index (χ0v) is 10.2. The van der Waals surface area contributed by atoms with Crippen molar-refractivity contribution >= 4 is 11.3 Å². The molecule has 2 N–H and O–H groups in total. The van der Waals surface area contributed by atoms with Crippen LogP contribution in [-0.4, -0.2) is 28.4 Å². The maximum atomic E-state index is 9.65.